The van der Waals surface area contributed by atoms with E-state index >= 15 is 0 Å². The molecule has 0 amide bonds. The predicted octanol–water partition coefficient (Wildman–Crippen LogP) is 5.05. The van der Waals surface area contributed by atoms with E-state index in [1.54, 1.807) is 0 Å². The fourth-order valence-electron chi connectivity index (χ4n) is 2.56. The zero-order chi connectivity index (χ0) is 12.2. The smallest absolute Gasteiger partial charge is 0.123 e. The maximum Gasteiger partial charge on any atom is 0.123 e. The molecule has 0 atom stereocenters. The van der Waals surface area contributed by atoms with E-state index in [9.17, 15) is 4.79 Å². The molecule has 0 radical (unpaired) electrons. The molecular weight excluding hydrogens is 208 g/mol. The molecule has 0 aliphatic heterocycles. The first-order chi connectivity index (χ1) is 8.43. The van der Waals surface area contributed by atoms with Crippen molar-refractivity contribution in [1.82, 2.24) is 0 Å². The van der Waals surface area contributed by atoms with Crippen LogP contribution in [-0.2, 0) is 4.79 Å². The summed E-state index contributed by atoms with van der Waals surface area (Å²) in [4.78, 5) is 10.9. The van der Waals surface area contributed by atoms with Gasteiger partial charge in [-0.1, -0.05) is 50.7 Å². The van der Waals surface area contributed by atoms with Crippen LogP contribution in [0.25, 0.3) is 0 Å². The van der Waals surface area contributed by atoms with Crippen LogP contribution < -0.4 is 0 Å². The summed E-state index contributed by atoms with van der Waals surface area (Å²) in [5.41, 5.74) is 0. The van der Waals surface area contributed by atoms with Gasteiger partial charge in [0, 0.05) is 5.92 Å². The average molecular weight is 236 g/mol. The lowest BCUT2D eigenvalue weighted by Gasteiger charge is -2.09. The van der Waals surface area contributed by atoms with Gasteiger partial charge in [0.1, 0.15) is 6.29 Å². The molecule has 1 nitrogen and oxygen atoms in total. The molecule has 0 spiro atoms. The molecule has 0 aromatic carbocycles. The molecule has 1 heteroatoms. The van der Waals surface area contributed by atoms with Crippen molar-refractivity contribution in [2.45, 2.75) is 77.0 Å². The molecule has 98 valence electrons. The third-order valence-corrected chi connectivity index (χ3v) is 3.75. The van der Waals surface area contributed by atoms with E-state index in [0.29, 0.717) is 5.92 Å². The summed E-state index contributed by atoms with van der Waals surface area (Å²) in [6.45, 7) is 0. The minimum Gasteiger partial charge on any atom is -0.303 e. The molecule has 0 saturated carbocycles. The lowest BCUT2D eigenvalue weighted by atomic mass is 9.96. The van der Waals surface area contributed by atoms with Crippen molar-refractivity contribution in [3.05, 3.63) is 12.2 Å². The van der Waals surface area contributed by atoms with Crippen LogP contribution in [-0.4, -0.2) is 6.29 Å². The van der Waals surface area contributed by atoms with Crippen LogP contribution in [0.15, 0.2) is 12.2 Å². The van der Waals surface area contributed by atoms with Gasteiger partial charge >= 0.3 is 0 Å². The first-order valence-corrected chi connectivity index (χ1v) is 7.54. The maximum atomic E-state index is 10.9. The van der Waals surface area contributed by atoms with Crippen LogP contribution in [0.1, 0.15) is 77.0 Å². The Morgan fingerprint density at radius 1 is 0.706 bits per heavy atom. The van der Waals surface area contributed by atoms with Gasteiger partial charge in [0.05, 0.1) is 0 Å². The Kier molecular flexibility index (Phi) is 8.99. The molecule has 0 fully saturated rings. The number of aldehydes is 1. The van der Waals surface area contributed by atoms with Gasteiger partial charge in [-0.15, -0.1) is 0 Å². The summed E-state index contributed by atoms with van der Waals surface area (Å²) in [5, 5.41) is 0. The van der Waals surface area contributed by atoms with Crippen molar-refractivity contribution in [2.75, 3.05) is 0 Å². The van der Waals surface area contributed by atoms with Crippen LogP contribution in [0.3, 0.4) is 0 Å². The third kappa shape index (κ3) is 8.18. The topological polar surface area (TPSA) is 17.1 Å². The van der Waals surface area contributed by atoms with Gasteiger partial charge in [-0.3, -0.25) is 0 Å². The molecule has 0 unspecified atom stereocenters. The molecule has 0 aromatic rings. The Labute approximate surface area is 107 Å². The van der Waals surface area contributed by atoms with Crippen molar-refractivity contribution in [1.29, 1.82) is 0 Å². The van der Waals surface area contributed by atoms with Crippen LogP contribution in [0.2, 0.25) is 0 Å². The lowest BCUT2D eigenvalue weighted by Crippen LogP contribution is -2.02. The van der Waals surface area contributed by atoms with Crippen molar-refractivity contribution in [3.8, 4) is 0 Å². The summed E-state index contributed by atoms with van der Waals surface area (Å²) >= 11 is 0. The second-order valence-corrected chi connectivity index (χ2v) is 5.35. The third-order valence-electron chi connectivity index (χ3n) is 3.75. The Hall–Kier alpha value is -0.590. The molecule has 0 saturated heterocycles. The van der Waals surface area contributed by atoms with E-state index in [0.717, 1.165) is 12.8 Å². The predicted molar refractivity (Wildman–Crippen MR) is 74.1 cm³/mol. The summed E-state index contributed by atoms with van der Waals surface area (Å²) in [6.07, 6.45) is 21.0. The van der Waals surface area contributed by atoms with Gasteiger partial charge in [-0.2, -0.15) is 0 Å². The maximum absolute atomic E-state index is 10.9. The quantitative estimate of drug-likeness (QED) is 0.460. The number of allylic oxidation sites excluding steroid dienone is 2. The van der Waals surface area contributed by atoms with E-state index in [4.69, 9.17) is 0 Å². The molecule has 1 aliphatic rings. The molecular formula is C16H28O. The van der Waals surface area contributed by atoms with Crippen molar-refractivity contribution in [2.24, 2.45) is 5.92 Å². The van der Waals surface area contributed by atoms with Crippen LogP contribution in [0.4, 0.5) is 0 Å². The van der Waals surface area contributed by atoms with Gasteiger partial charge in [0.15, 0.2) is 0 Å². The lowest BCUT2D eigenvalue weighted by molar-refractivity contribution is -0.111. The van der Waals surface area contributed by atoms with Gasteiger partial charge in [0.25, 0.3) is 0 Å². The highest BCUT2D eigenvalue weighted by Gasteiger charge is 2.06. The Morgan fingerprint density at radius 2 is 1.18 bits per heavy atom. The van der Waals surface area contributed by atoms with E-state index in [1.807, 2.05) is 0 Å². The zero-order valence-corrected chi connectivity index (χ0v) is 11.2. The largest absolute Gasteiger partial charge is 0.303 e. The van der Waals surface area contributed by atoms with E-state index in [2.05, 4.69) is 12.2 Å². The average Bonchev–Trinajstić information content (AvgIpc) is 2.36. The van der Waals surface area contributed by atoms with Gasteiger partial charge in [-0.25, -0.2) is 0 Å². The second kappa shape index (κ2) is 10.6. The van der Waals surface area contributed by atoms with Crippen molar-refractivity contribution in [3.63, 3.8) is 0 Å². The summed E-state index contributed by atoms with van der Waals surface area (Å²) in [6, 6.07) is 0. The van der Waals surface area contributed by atoms with E-state index in [1.165, 1.54) is 70.5 Å². The second-order valence-electron chi connectivity index (χ2n) is 5.35. The Bertz CT molecular complexity index is 190. The first kappa shape index (κ1) is 14.5. The fraction of sp³-hybridized carbons (Fsp3) is 0.812. The number of rotatable bonds is 1. The van der Waals surface area contributed by atoms with Crippen LogP contribution >= 0.6 is 0 Å². The molecule has 1 rings (SSSR count). The number of hydrogen-bond donors (Lipinski definition) is 0. The molecule has 0 N–H and O–H groups in total. The van der Waals surface area contributed by atoms with Gasteiger partial charge < -0.3 is 4.79 Å². The minimum absolute atomic E-state index is 0.346. The van der Waals surface area contributed by atoms with Crippen LogP contribution in [0.5, 0.6) is 0 Å². The molecule has 0 heterocycles. The van der Waals surface area contributed by atoms with E-state index in [-0.39, 0.29) is 0 Å². The molecule has 17 heavy (non-hydrogen) atoms. The van der Waals surface area contributed by atoms with Crippen molar-refractivity contribution < 1.29 is 4.79 Å². The van der Waals surface area contributed by atoms with E-state index < -0.39 is 0 Å². The normalized spacial score (nSPS) is 22.6. The van der Waals surface area contributed by atoms with Gasteiger partial charge in [0.2, 0.25) is 0 Å². The Balaban J connectivity index is 2.24. The highest BCUT2D eigenvalue weighted by atomic mass is 16.1. The summed E-state index contributed by atoms with van der Waals surface area (Å²) < 4.78 is 0. The number of hydrogen-bond acceptors (Lipinski definition) is 1. The highest BCUT2D eigenvalue weighted by Crippen LogP contribution is 2.17. The van der Waals surface area contributed by atoms with Gasteiger partial charge in [-0.05, 0) is 38.5 Å². The number of carbonyl (C=O) groups is 1. The minimum atomic E-state index is 0.346. The standard InChI is InChI=1S/C16H28O/c17-15-16-13-11-9-7-5-3-1-2-4-6-8-10-12-14-16/h1-2,15-16H,3-14H2. The van der Waals surface area contributed by atoms with Crippen molar-refractivity contribution >= 4 is 6.29 Å². The molecule has 0 aromatic heterocycles. The highest BCUT2D eigenvalue weighted by molar-refractivity contribution is 5.53. The molecule has 0 bridgehead atoms. The van der Waals surface area contributed by atoms with Crippen LogP contribution in [0, 0.1) is 5.92 Å². The number of carbonyl (C=O) groups excluding carboxylic acids is 1. The fourth-order valence-corrected chi connectivity index (χ4v) is 2.56. The molecule has 1 aliphatic carbocycles. The summed E-state index contributed by atoms with van der Waals surface area (Å²) in [5.74, 6) is 0.346. The Morgan fingerprint density at radius 3 is 1.65 bits per heavy atom. The first-order valence-electron chi connectivity index (χ1n) is 7.54. The monoisotopic (exact) mass is 236 g/mol. The SMILES string of the molecule is O=CC1CCCCCCC=CCCCCCC1. The summed E-state index contributed by atoms with van der Waals surface area (Å²) in [7, 11) is 0. The zero-order valence-electron chi connectivity index (χ0n) is 11.2.